The SMILES string of the molecule is CN(C)c1ccc(Nc2nc3ccccc3nc2C(N)=O)cc1.COc1ccc(Nc2nc3ccccc3nc2C(N)=O)cc1.NC(=O)c1nc2ccccc2nc1Nc1ccc(N2CCCC2)cc1.NC(=O)c1nc2ccccc2nc1Nc1ccc(N2CCCCC2)cc1. The largest absolute Gasteiger partial charge is 0.497 e. The van der Waals surface area contributed by atoms with Gasteiger partial charge in [-0.2, -0.15) is 0 Å². The first kappa shape index (κ1) is 64.9. The highest BCUT2D eigenvalue weighted by atomic mass is 16.5. The highest BCUT2D eigenvalue weighted by molar-refractivity contribution is 6.01. The number of anilines is 11. The fourth-order valence-electron chi connectivity index (χ4n) is 10.7. The van der Waals surface area contributed by atoms with Gasteiger partial charge in [0, 0.05) is 80.1 Å². The molecular weight excluding hydrogens is 1210 g/mol. The van der Waals surface area contributed by atoms with Crippen LogP contribution in [0, 0.1) is 0 Å². The molecule has 484 valence electrons. The number of nitrogens with one attached hydrogen (secondary N) is 4. The first-order valence-corrected chi connectivity index (χ1v) is 31.1. The molecule has 12 aromatic rings. The van der Waals surface area contributed by atoms with Crippen molar-refractivity contribution in [3.05, 3.63) is 217 Å². The zero-order chi connectivity index (χ0) is 67.1. The van der Waals surface area contributed by atoms with Gasteiger partial charge in [0.1, 0.15) is 5.75 Å². The van der Waals surface area contributed by atoms with Crippen LogP contribution in [0.1, 0.15) is 74.1 Å². The summed E-state index contributed by atoms with van der Waals surface area (Å²) in [6, 6.07) is 60.8. The molecule has 4 amide bonds. The molecule has 0 unspecified atom stereocenters. The van der Waals surface area contributed by atoms with Crippen molar-refractivity contribution in [1.29, 1.82) is 0 Å². The number of para-hydroxylation sites is 8. The third-order valence-corrected chi connectivity index (χ3v) is 15.7. The van der Waals surface area contributed by atoms with Crippen LogP contribution < -0.4 is 63.6 Å². The smallest absolute Gasteiger partial charge is 0.271 e. The molecule has 0 atom stereocenters. The lowest BCUT2D eigenvalue weighted by atomic mass is 10.1. The third-order valence-electron chi connectivity index (χ3n) is 15.7. The average Bonchev–Trinajstić information content (AvgIpc) is 0.929. The number of fused-ring (bicyclic) bond motifs is 4. The number of rotatable bonds is 16. The summed E-state index contributed by atoms with van der Waals surface area (Å²) in [6.07, 6.45) is 6.29. The number of piperidine rings is 1. The minimum absolute atomic E-state index is 0.106. The van der Waals surface area contributed by atoms with Crippen molar-refractivity contribution in [2.75, 3.05) is 83.4 Å². The van der Waals surface area contributed by atoms with Crippen molar-refractivity contribution in [2.24, 2.45) is 22.9 Å². The van der Waals surface area contributed by atoms with Crippen molar-refractivity contribution in [3.63, 3.8) is 0 Å². The number of nitrogens with zero attached hydrogens (tertiary/aromatic N) is 11. The molecule has 2 aliphatic rings. The van der Waals surface area contributed by atoms with Gasteiger partial charge >= 0.3 is 0 Å². The second-order valence-electron chi connectivity index (χ2n) is 22.6. The van der Waals surface area contributed by atoms with E-state index in [1.54, 1.807) is 31.4 Å². The van der Waals surface area contributed by atoms with Crippen LogP contribution in [0.4, 0.5) is 63.1 Å². The molecule has 2 fully saturated rings. The lowest BCUT2D eigenvalue weighted by molar-refractivity contribution is 0.0988. The maximum Gasteiger partial charge on any atom is 0.271 e. The summed E-state index contributed by atoms with van der Waals surface area (Å²) in [5.74, 6) is -0.271. The van der Waals surface area contributed by atoms with Crippen molar-refractivity contribution in [2.45, 2.75) is 32.1 Å². The van der Waals surface area contributed by atoms with Crippen LogP contribution in [0.3, 0.4) is 0 Å². The zero-order valence-corrected chi connectivity index (χ0v) is 53.1. The average molecular weight is 1280 g/mol. The lowest BCUT2D eigenvalue weighted by Gasteiger charge is -2.28. The Balaban J connectivity index is 0.000000130. The minimum atomic E-state index is -0.630. The predicted octanol–water partition coefficient (Wildman–Crippen LogP) is 11.6. The Labute approximate surface area is 553 Å². The molecule has 0 radical (unpaired) electrons. The van der Waals surface area contributed by atoms with Crippen LogP contribution >= 0.6 is 0 Å². The number of hydrogen-bond acceptors (Lipinski definition) is 20. The molecule has 0 aliphatic carbocycles. The minimum Gasteiger partial charge on any atom is -0.497 e. The van der Waals surface area contributed by atoms with Crippen LogP contribution in [0.15, 0.2) is 194 Å². The molecule has 2 saturated heterocycles. The number of ether oxygens (including phenoxy) is 1. The maximum atomic E-state index is 11.8. The second kappa shape index (κ2) is 30.2. The van der Waals surface area contributed by atoms with Gasteiger partial charge in [-0.05, 0) is 178 Å². The summed E-state index contributed by atoms with van der Waals surface area (Å²) in [5.41, 5.74) is 34.4. The molecule has 0 spiro atoms. The van der Waals surface area contributed by atoms with Gasteiger partial charge in [-0.1, -0.05) is 48.5 Å². The lowest BCUT2D eigenvalue weighted by Crippen LogP contribution is -2.29. The van der Waals surface area contributed by atoms with Crippen molar-refractivity contribution < 1.29 is 23.9 Å². The Bertz CT molecular complexity index is 4740. The Morgan fingerprint density at radius 3 is 0.833 bits per heavy atom. The third kappa shape index (κ3) is 16.2. The highest BCUT2D eigenvalue weighted by Gasteiger charge is 2.20. The number of carbonyl (C=O) groups is 4. The number of carbonyl (C=O) groups excluding carboxylic acids is 4. The molecule has 0 bridgehead atoms. The maximum absolute atomic E-state index is 11.8. The fourth-order valence-corrected chi connectivity index (χ4v) is 10.7. The fraction of sp³-hybridized carbons (Fsp3) is 0.167. The van der Waals surface area contributed by atoms with Gasteiger partial charge in [-0.3, -0.25) is 19.2 Å². The molecule has 4 aromatic heterocycles. The number of nitrogens with two attached hydrogens (primary N) is 4. The molecule has 8 aromatic carbocycles. The van der Waals surface area contributed by atoms with Crippen LogP contribution in [-0.4, -0.2) is 111 Å². The predicted molar refractivity (Wildman–Crippen MR) is 380 cm³/mol. The van der Waals surface area contributed by atoms with E-state index in [2.05, 4.69) is 95.2 Å². The summed E-state index contributed by atoms with van der Waals surface area (Å²) < 4.78 is 5.11. The van der Waals surface area contributed by atoms with E-state index in [1.807, 2.05) is 165 Å². The Morgan fingerprint density at radius 1 is 0.344 bits per heavy atom. The molecule has 12 N–H and O–H groups in total. The van der Waals surface area contributed by atoms with E-state index in [9.17, 15) is 19.2 Å². The van der Waals surface area contributed by atoms with Crippen molar-refractivity contribution >= 4 is 131 Å². The number of benzene rings is 8. The summed E-state index contributed by atoms with van der Waals surface area (Å²) in [4.78, 5) is 88.8. The summed E-state index contributed by atoms with van der Waals surface area (Å²) >= 11 is 0. The Kier molecular flexibility index (Phi) is 20.4. The van der Waals surface area contributed by atoms with Crippen LogP contribution in [0.5, 0.6) is 5.75 Å². The van der Waals surface area contributed by atoms with Crippen molar-refractivity contribution in [3.8, 4) is 5.75 Å². The molecule has 6 heterocycles. The van der Waals surface area contributed by atoms with E-state index < -0.39 is 23.6 Å². The first-order valence-electron chi connectivity index (χ1n) is 31.1. The van der Waals surface area contributed by atoms with E-state index in [1.165, 1.54) is 43.5 Å². The second-order valence-corrected chi connectivity index (χ2v) is 22.6. The molecule has 24 nitrogen and oxygen atoms in total. The standard InChI is InChI=1S/C20H21N5O.C19H19N5O.C17H17N5O.C16H14N4O2/c21-19(26)18-20(24-17-7-3-2-6-16(17)23-18)22-14-8-10-15(11-9-14)25-12-4-1-5-13-25;20-18(25)17-19(23-16-6-2-1-5-15(16)22-17)21-13-7-9-14(10-8-13)24-11-3-4-12-24;1-22(2)12-9-7-11(8-10-12)19-17-15(16(18)23)20-13-5-3-4-6-14(13)21-17;1-22-11-8-6-10(7-9-11)18-16-14(15(17)21)19-12-4-2-3-5-13(12)20-16/h2-3,6-11H,1,4-5,12-13H2,(H2,21,26)(H,22,24);1-2,5-10H,3-4,11-12H2,(H2,20,25)(H,21,23);3-10H,1-2H3,(H2,18,23)(H,19,21);2-9H,1H3,(H2,17,21)(H,18,20). The van der Waals surface area contributed by atoms with E-state index in [0.717, 1.165) is 60.4 Å². The van der Waals surface area contributed by atoms with Gasteiger partial charge < -0.3 is 63.6 Å². The van der Waals surface area contributed by atoms with Gasteiger partial charge in [0.15, 0.2) is 46.0 Å². The van der Waals surface area contributed by atoms with Crippen LogP contribution in [0.2, 0.25) is 0 Å². The van der Waals surface area contributed by atoms with E-state index in [4.69, 9.17) is 27.7 Å². The normalized spacial score (nSPS) is 12.4. The van der Waals surface area contributed by atoms with E-state index in [-0.39, 0.29) is 22.8 Å². The van der Waals surface area contributed by atoms with Gasteiger partial charge in [-0.25, -0.2) is 39.9 Å². The summed E-state index contributed by atoms with van der Waals surface area (Å²) in [5, 5.41) is 12.5. The number of hydrogen-bond donors (Lipinski definition) is 8. The molecular formula is C72H71N19O5. The highest BCUT2D eigenvalue weighted by Crippen LogP contribution is 2.30. The first-order chi connectivity index (χ1) is 46.6. The van der Waals surface area contributed by atoms with Gasteiger partial charge in [0.25, 0.3) is 23.6 Å². The summed E-state index contributed by atoms with van der Waals surface area (Å²) in [6.45, 7) is 4.42. The number of primary amides is 4. The van der Waals surface area contributed by atoms with Gasteiger partial charge in [0.2, 0.25) is 0 Å². The molecule has 24 heteroatoms. The topological polar surface area (TPSA) is 343 Å². The Hall–Kier alpha value is -12.6. The molecule has 0 saturated carbocycles. The van der Waals surface area contributed by atoms with E-state index in [0.29, 0.717) is 67.4 Å². The Morgan fingerprint density at radius 2 is 0.583 bits per heavy atom. The number of aromatic nitrogens is 8. The van der Waals surface area contributed by atoms with E-state index >= 15 is 0 Å². The monoisotopic (exact) mass is 1280 g/mol. The van der Waals surface area contributed by atoms with Gasteiger partial charge in [0.05, 0.1) is 51.2 Å². The molecule has 96 heavy (non-hydrogen) atoms. The summed E-state index contributed by atoms with van der Waals surface area (Å²) in [7, 11) is 5.55. The van der Waals surface area contributed by atoms with Crippen LogP contribution in [-0.2, 0) is 0 Å². The van der Waals surface area contributed by atoms with Crippen LogP contribution in [0.25, 0.3) is 44.1 Å². The number of amides is 4. The zero-order valence-electron chi connectivity index (χ0n) is 53.1. The molecule has 2 aliphatic heterocycles. The van der Waals surface area contributed by atoms with Crippen molar-refractivity contribution in [1.82, 2.24) is 39.9 Å². The number of methoxy groups -OCH3 is 1. The van der Waals surface area contributed by atoms with Gasteiger partial charge in [-0.15, -0.1) is 0 Å². The quantitative estimate of drug-likeness (QED) is 0.0445. The molecule has 14 rings (SSSR count).